The molecule has 36 heavy (non-hydrogen) atoms. The Balaban J connectivity index is 1.42. The van der Waals surface area contributed by atoms with Crippen LogP contribution in [-0.2, 0) is 9.53 Å². The molecule has 5 rings (SSSR count). The zero-order valence-corrected chi connectivity index (χ0v) is 19.6. The summed E-state index contributed by atoms with van der Waals surface area (Å²) in [6.45, 7) is 7.98. The van der Waals surface area contributed by atoms with Crippen molar-refractivity contribution in [2.24, 2.45) is 0 Å². The molecule has 1 fully saturated rings. The highest BCUT2D eigenvalue weighted by Crippen LogP contribution is 2.33. The van der Waals surface area contributed by atoms with E-state index in [0.29, 0.717) is 29.4 Å². The maximum Gasteiger partial charge on any atom is 0.247 e. The molecule has 0 atom stereocenters. The van der Waals surface area contributed by atoms with Crippen molar-refractivity contribution in [1.29, 1.82) is 0 Å². The maximum atomic E-state index is 12.1. The smallest absolute Gasteiger partial charge is 0.247 e. The normalized spacial score (nSPS) is 13.9. The molecule has 1 amide bonds. The van der Waals surface area contributed by atoms with Crippen LogP contribution >= 0.6 is 0 Å². The van der Waals surface area contributed by atoms with Crippen molar-refractivity contribution in [3.8, 4) is 11.4 Å². The molecule has 11 heteroatoms. The van der Waals surface area contributed by atoms with E-state index >= 15 is 0 Å². The van der Waals surface area contributed by atoms with Gasteiger partial charge in [-0.3, -0.25) is 9.69 Å². The maximum absolute atomic E-state index is 12.1. The predicted octanol–water partition coefficient (Wildman–Crippen LogP) is 2.79. The van der Waals surface area contributed by atoms with Gasteiger partial charge in [0.15, 0.2) is 0 Å². The zero-order valence-electron chi connectivity index (χ0n) is 19.6. The molecule has 3 heterocycles. The number of amides is 1. The van der Waals surface area contributed by atoms with Gasteiger partial charge in [0.1, 0.15) is 24.5 Å². The van der Waals surface area contributed by atoms with Crippen LogP contribution in [0.3, 0.4) is 0 Å². The van der Waals surface area contributed by atoms with Crippen LogP contribution in [0.15, 0.2) is 67.8 Å². The Labute approximate surface area is 207 Å². The summed E-state index contributed by atoms with van der Waals surface area (Å²) in [4.78, 5) is 24.8. The highest BCUT2D eigenvalue weighted by atomic mass is 16.5. The first kappa shape index (κ1) is 23.4. The van der Waals surface area contributed by atoms with Crippen molar-refractivity contribution >= 4 is 34.0 Å². The van der Waals surface area contributed by atoms with E-state index in [0.717, 1.165) is 49.6 Å². The van der Waals surface area contributed by atoms with Crippen molar-refractivity contribution in [2.75, 3.05) is 50.1 Å². The van der Waals surface area contributed by atoms with Gasteiger partial charge in [0.2, 0.25) is 5.91 Å². The molecule has 2 aromatic carbocycles. The number of fused-ring (bicyclic) bond motifs is 1. The van der Waals surface area contributed by atoms with Gasteiger partial charge in [-0.2, -0.15) is 15.0 Å². The lowest BCUT2D eigenvalue weighted by atomic mass is 10.1. The second kappa shape index (κ2) is 10.9. The van der Waals surface area contributed by atoms with Crippen LogP contribution < -0.4 is 15.4 Å². The number of rotatable bonds is 9. The van der Waals surface area contributed by atoms with E-state index in [4.69, 9.17) is 9.47 Å². The average molecular weight is 487 g/mol. The van der Waals surface area contributed by atoms with Crippen LogP contribution in [0.1, 0.15) is 0 Å². The van der Waals surface area contributed by atoms with Crippen molar-refractivity contribution in [2.45, 2.75) is 0 Å². The molecule has 0 radical (unpaired) electrons. The van der Waals surface area contributed by atoms with Gasteiger partial charge in [0, 0.05) is 36.8 Å². The Kier molecular flexibility index (Phi) is 7.10. The van der Waals surface area contributed by atoms with Crippen molar-refractivity contribution < 1.29 is 14.3 Å². The summed E-state index contributed by atoms with van der Waals surface area (Å²) in [5.41, 5.74) is 2.79. The van der Waals surface area contributed by atoms with E-state index in [9.17, 15) is 4.79 Å². The third kappa shape index (κ3) is 5.48. The lowest BCUT2D eigenvalue weighted by Crippen LogP contribution is -2.38. The van der Waals surface area contributed by atoms with Crippen LogP contribution in [0, 0.1) is 0 Å². The van der Waals surface area contributed by atoms with Gasteiger partial charge in [-0.1, -0.05) is 12.6 Å². The third-order valence-corrected chi connectivity index (χ3v) is 5.71. The van der Waals surface area contributed by atoms with Gasteiger partial charge in [0.05, 0.1) is 42.5 Å². The molecular formula is C25H26N8O3. The molecule has 11 nitrogen and oxygen atoms in total. The summed E-state index contributed by atoms with van der Waals surface area (Å²) in [7, 11) is 0. The number of benzene rings is 2. The largest absolute Gasteiger partial charge is 0.490 e. The molecule has 0 spiro atoms. The fraction of sp³-hybridized carbons (Fsp3) is 0.240. The number of ether oxygens (including phenoxy) is 2. The second-order valence-electron chi connectivity index (χ2n) is 8.08. The Morgan fingerprint density at radius 2 is 1.97 bits per heavy atom. The van der Waals surface area contributed by atoms with E-state index in [2.05, 4.69) is 42.3 Å². The lowest BCUT2D eigenvalue weighted by Gasteiger charge is -2.26. The van der Waals surface area contributed by atoms with Gasteiger partial charge >= 0.3 is 0 Å². The molecule has 0 unspecified atom stereocenters. The molecule has 0 bridgehead atoms. The summed E-state index contributed by atoms with van der Waals surface area (Å²) in [5, 5.41) is 15.3. The number of aromatic nitrogens is 5. The van der Waals surface area contributed by atoms with Crippen LogP contribution in [0.4, 0.5) is 17.2 Å². The fourth-order valence-corrected chi connectivity index (χ4v) is 3.89. The minimum Gasteiger partial charge on any atom is -0.490 e. The Morgan fingerprint density at radius 1 is 1.14 bits per heavy atom. The van der Waals surface area contributed by atoms with Gasteiger partial charge in [-0.15, -0.1) is 0 Å². The topological polar surface area (TPSA) is 119 Å². The molecule has 2 aromatic heterocycles. The first-order valence-corrected chi connectivity index (χ1v) is 11.6. The van der Waals surface area contributed by atoms with Crippen LogP contribution in [0.25, 0.3) is 16.6 Å². The highest BCUT2D eigenvalue weighted by Gasteiger charge is 2.15. The Morgan fingerprint density at radius 3 is 2.78 bits per heavy atom. The van der Waals surface area contributed by atoms with Crippen LogP contribution in [-0.4, -0.2) is 75.2 Å². The van der Waals surface area contributed by atoms with Crippen LogP contribution in [0.2, 0.25) is 0 Å². The van der Waals surface area contributed by atoms with Crippen molar-refractivity contribution in [1.82, 2.24) is 29.9 Å². The van der Waals surface area contributed by atoms with E-state index in [-0.39, 0.29) is 5.91 Å². The average Bonchev–Trinajstić information content (AvgIpc) is 3.45. The van der Waals surface area contributed by atoms with E-state index < -0.39 is 0 Å². The summed E-state index contributed by atoms with van der Waals surface area (Å²) in [5.74, 6) is 0.778. The summed E-state index contributed by atoms with van der Waals surface area (Å²) >= 11 is 0. The number of carbonyl (C=O) groups excluding carboxylic acids is 1. The Bertz CT molecular complexity index is 1350. The predicted molar refractivity (Wildman–Crippen MR) is 136 cm³/mol. The molecule has 4 aromatic rings. The van der Waals surface area contributed by atoms with Crippen LogP contribution in [0.5, 0.6) is 5.75 Å². The number of anilines is 3. The van der Waals surface area contributed by atoms with E-state index in [1.807, 2.05) is 36.4 Å². The number of hydrogen-bond acceptors (Lipinski definition) is 9. The molecule has 1 saturated heterocycles. The number of carbonyl (C=O) groups is 1. The number of nitrogens with one attached hydrogen (secondary N) is 2. The SMILES string of the molecule is C=CC(=O)Nc1cc2c(Nc3cccc(-n4nccn4)c3)ncnc2cc1OCCN1CCOCC1. The Hall–Kier alpha value is -4.35. The summed E-state index contributed by atoms with van der Waals surface area (Å²) in [6, 6.07) is 11.3. The second-order valence-corrected chi connectivity index (χ2v) is 8.08. The number of nitrogens with zero attached hydrogens (tertiary/aromatic N) is 6. The lowest BCUT2D eigenvalue weighted by molar-refractivity contribution is -0.111. The standard InChI is InChI=1S/C25H26N8O3/c1-2-24(34)31-22-15-20-21(16-23(22)36-13-10-32-8-11-35-12-9-32)26-17-27-25(20)30-18-4-3-5-19(14-18)33-28-6-7-29-33/h2-7,14-17H,1,8-13H2,(H,31,34)(H,26,27,30). The molecule has 184 valence electrons. The monoisotopic (exact) mass is 486 g/mol. The van der Waals surface area contributed by atoms with Gasteiger partial charge in [-0.25, -0.2) is 9.97 Å². The minimum absolute atomic E-state index is 0.335. The third-order valence-electron chi connectivity index (χ3n) is 5.71. The molecule has 0 saturated carbocycles. The first-order chi connectivity index (χ1) is 17.7. The molecule has 1 aliphatic heterocycles. The summed E-state index contributed by atoms with van der Waals surface area (Å²) < 4.78 is 11.5. The fourth-order valence-electron chi connectivity index (χ4n) is 3.89. The van der Waals surface area contributed by atoms with Gasteiger partial charge in [0.25, 0.3) is 0 Å². The van der Waals surface area contributed by atoms with E-state index in [1.165, 1.54) is 17.2 Å². The highest BCUT2D eigenvalue weighted by molar-refractivity contribution is 6.03. The van der Waals surface area contributed by atoms with E-state index in [1.54, 1.807) is 12.4 Å². The number of hydrogen-bond donors (Lipinski definition) is 2. The van der Waals surface area contributed by atoms with Gasteiger partial charge in [-0.05, 0) is 30.3 Å². The summed E-state index contributed by atoms with van der Waals surface area (Å²) in [6.07, 6.45) is 5.95. The van der Waals surface area contributed by atoms with Crippen molar-refractivity contribution in [3.63, 3.8) is 0 Å². The number of morpholine rings is 1. The molecule has 1 aliphatic rings. The van der Waals surface area contributed by atoms with Crippen molar-refractivity contribution in [3.05, 3.63) is 67.8 Å². The molecule has 0 aliphatic carbocycles. The quantitative estimate of drug-likeness (QED) is 0.344. The minimum atomic E-state index is -0.335. The van der Waals surface area contributed by atoms with Gasteiger partial charge < -0.3 is 20.1 Å². The molecule has 2 N–H and O–H groups in total. The molecular weight excluding hydrogens is 460 g/mol. The zero-order chi connectivity index (χ0) is 24.7. The first-order valence-electron chi connectivity index (χ1n) is 11.6.